The second kappa shape index (κ2) is 7.81. The molecule has 0 atom stereocenters. The van der Waals surface area contributed by atoms with Gasteiger partial charge in [-0.1, -0.05) is 19.3 Å². The van der Waals surface area contributed by atoms with Crippen LogP contribution in [0, 0.1) is 0 Å². The fourth-order valence-corrected chi connectivity index (χ4v) is 4.20. The van der Waals surface area contributed by atoms with Crippen molar-refractivity contribution in [1.29, 1.82) is 0 Å². The van der Waals surface area contributed by atoms with Gasteiger partial charge in [0, 0.05) is 37.9 Å². The first kappa shape index (κ1) is 20.5. The molecule has 0 radical (unpaired) electrons. The zero-order valence-corrected chi connectivity index (χ0v) is 16.6. The summed E-state index contributed by atoms with van der Waals surface area (Å²) in [4.78, 5) is 29.3. The number of nitrogens with zero attached hydrogens (tertiary/aromatic N) is 3. The number of carbonyl (C=O) groups excluding carboxylic acids is 2. The molecule has 2 fully saturated rings. The molecule has 0 spiro atoms. The summed E-state index contributed by atoms with van der Waals surface area (Å²) in [5, 5.41) is 7.48. The fraction of sp³-hybridized carbons (Fsp3) is 0.600. The van der Waals surface area contributed by atoms with Crippen LogP contribution in [0.1, 0.15) is 68.1 Å². The molecule has 162 valence electrons. The Morgan fingerprint density at radius 2 is 1.87 bits per heavy atom. The molecule has 0 aliphatic heterocycles. The van der Waals surface area contributed by atoms with E-state index in [4.69, 9.17) is 10.5 Å². The molecule has 1 amide bonds. The number of hydrogen-bond donors (Lipinski definition) is 2. The number of rotatable bonds is 5. The van der Waals surface area contributed by atoms with E-state index in [1.165, 1.54) is 30.0 Å². The van der Waals surface area contributed by atoms with Crippen LogP contribution in [0.4, 0.5) is 14.6 Å². The molecule has 30 heavy (non-hydrogen) atoms. The zero-order valence-electron chi connectivity index (χ0n) is 16.6. The van der Waals surface area contributed by atoms with Gasteiger partial charge in [0.2, 0.25) is 5.92 Å². The Balaban J connectivity index is 1.55. The Kier molecular flexibility index (Phi) is 5.33. The van der Waals surface area contributed by atoms with Crippen LogP contribution in [0.25, 0.3) is 5.65 Å². The van der Waals surface area contributed by atoms with Crippen molar-refractivity contribution in [1.82, 2.24) is 14.6 Å². The fourth-order valence-electron chi connectivity index (χ4n) is 4.20. The SMILES string of the molecule is NC(=O)C1(OC(=O)c2cnn3ccc(NC4CCCCC4)nc23)CCC(F)(F)CC1. The summed E-state index contributed by atoms with van der Waals surface area (Å²) in [5.41, 5.74) is 4.00. The Bertz CT molecular complexity index is 945. The van der Waals surface area contributed by atoms with E-state index in [-0.39, 0.29) is 24.1 Å². The number of anilines is 1. The molecule has 3 N–H and O–H groups in total. The number of primary amides is 1. The monoisotopic (exact) mass is 421 g/mol. The molecule has 2 saturated carbocycles. The van der Waals surface area contributed by atoms with Gasteiger partial charge in [0.15, 0.2) is 11.2 Å². The molecule has 2 aliphatic carbocycles. The number of fused-ring (bicyclic) bond motifs is 1. The van der Waals surface area contributed by atoms with E-state index < -0.39 is 36.2 Å². The molecule has 4 rings (SSSR count). The smallest absolute Gasteiger partial charge is 0.344 e. The van der Waals surface area contributed by atoms with Gasteiger partial charge in [-0.05, 0) is 18.9 Å². The van der Waals surface area contributed by atoms with Gasteiger partial charge in [0.1, 0.15) is 11.4 Å². The van der Waals surface area contributed by atoms with Crippen molar-refractivity contribution in [3.05, 3.63) is 24.0 Å². The third-order valence-electron chi connectivity index (χ3n) is 6.07. The van der Waals surface area contributed by atoms with Gasteiger partial charge in [-0.2, -0.15) is 5.10 Å². The molecule has 0 saturated heterocycles. The maximum atomic E-state index is 13.5. The van der Waals surface area contributed by atoms with Crippen molar-refractivity contribution >= 4 is 23.3 Å². The van der Waals surface area contributed by atoms with Gasteiger partial charge in [-0.3, -0.25) is 4.79 Å². The molecule has 0 bridgehead atoms. The van der Waals surface area contributed by atoms with Gasteiger partial charge in [0.25, 0.3) is 5.91 Å². The summed E-state index contributed by atoms with van der Waals surface area (Å²) < 4.78 is 33.9. The van der Waals surface area contributed by atoms with E-state index in [0.717, 1.165) is 12.8 Å². The lowest BCUT2D eigenvalue weighted by Gasteiger charge is -2.36. The first-order valence-corrected chi connectivity index (χ1v) is 10.3. The van der Waals surface area contributed by atoms with Crippen molar-refractivity contribution in [2.24, 2.45) is 5.73 Å². The maximum absolute atomic E-state index is 13.5. The van der Waals surface area contributed by atoms with Gasteiger partial charge < -0.3 is 15.8 Å². The van der Waals surface area contributed by atoms with Crippen LogP contribution in [0.15, 0.2) is 18.5 Å². The number of nitrogens with one attached hydrogen (secondary N) is 1. The number of carbonyl (C=O) groups is 2. The summed E-state index contributed by atoms with van der Waals surface area (Å²) in [6.07, 6.45) is 6.89. The average Bonchev–Trinajstić information content (AvgIpc) is 3.14. The Hall–Kier alpha value is -2.78. The molecule has 10 heteroatoms. The van der Waals surface area contributed by atoms with Crippen molar-refractivity contribution in [3.8, 4) is 0 Å². The third kappa shape index (κ3) is 4.08. The molecule has 2 aliphatic rings. The van der Waals surface area contributed by atoms with Crippen LogP contribution in [0.5, 0.6) is 0 Å². The summed E-state index contributed by atoms with van der Waals surface area (Å²) in [7, 11) is 0. The Labute approximate surface area is 172 Å². The zero-order chi connectivity index (χ0) is 21.4. The average molecular weight is 421 g/mol. The first-order valence-electron chi connectivity index (χ1n) is 10.3. The van der Waals surface area contributed by atoms with E-state index in [2.05, 4.69) is 15.4 Å². The molecule has 2 aromatic rings. The highest BCUT2D eigenvalue weighted by Gasteiger charge is 2.50. The van der Waals surface area contributed by atoms with Crippen LogP contribution in [-0.4, -0.2) is 44.0 Å². The summed E-state index contributed by atoms with van der Waals surface area (Å²) in [6.45, 7) is 0. The second-order valence-electron chi connectivity index (χ2n) is 8.22. The number of alkyl halides is 2. The molecule has 0 aromatic carbocycles. The van der Waals surface area contributed by atoms with E-state index >= 15 is 0 Å². The van der Waals surface area contributed by atoms with Crippen molar-refractivity contribution in [2.75, 3.05) is 5.32 Å². The molecule has 2 heterocycles. The lowest BCUT2D eigenvalue weighted by Crippen LogP contribution is -2.51. The highest BCUT2D eigenvalue weighted by atomic mass is 19.3. The lowest BCUT2D eigenvalue weighted by molar-refractivity contribution is -0.151. The van der Waals surface area contributed by atoms with E-state index in [9.17, 15) is 18.4 Å². The van der Waals surface area contributed by atoms with Gasteiger partial charge in [-0.25, -0.2) is 23.1 Å². The van der Waals surface area contributed by atoms with E-state index in [0.29, 0.717) is 11.9 Å². The number of ether oxygens (including phenoxy) is 1. The normalized spacial score (nSPS) is 21.3. The number of halogens is 2. The summed E-state index contributed by atoms with van der Waals surface area (Å²) in [5.74, 6) is -4.05. The highest BCUT2D eigenvalue weighted by Crippen LogP contribution is 2.40. The number of aromatic nitrogens is 3. The number of nitrogens with two attached hydrogens (primary N) is 1. The van der Waals surface area contributed by atoms with Crippen molar-refractivity contribution in [3.63, 3.8) is 0 Å². The predicted molar refractivity (Wildman–Crippen MR) is 104 cm³/mol. The third-order valence-corrected chi connectivity index (χ3v) is 6.07. The minimum atomic E-state index is -2.89. The van der Waals surface area contributed by atoms with Crippen molar-refractivity contribution < 1.29 is 23.1 Å². The minimum absolute atomic E-state index is 0.0558. The van der Waals surface area contributed by atoms with E-state index in [1.54, 1.807) is 12.3 Å². The topological polar surface area (TPSA) is 112 Å². The Morgan fingerprint density at radius 3 is 2.53 bits per heavy atom. The largest absolute Gasteiger partial charge is 0.445 e. The maximum Gasteiger partial charge on any atom is 0.344 e. The summed E-state index contributed by atoms with van der Waals surface area (Å²) in [6, 6.07) is 2.10. The minimum Gasteiger partial charge on any atom is -0.445 e. The molecular formula is C20H25F2N5O3. The lowest BCUT2D eigenvalue weighted by atomic mass is 9.82. The van der Waals surface area contributed by atoms with Gasteiger partial charge in [0.05, 0.1) is 6.20 Å². The Morgan fingerprint density at radius 1 is 1.17 bits per heavy atom. The molecule has 8 nitrogen and oxygen atoms in total. The van der Waals surface area contributed by atoms with Crippen LogP contribution >= 0.6 is 0 Å². The number of esters is 1. The summed E-state index contributed by atoms with van der Waals surface area (Å²) >= 11 is 0. The predicted octanol–water partition coefficient (Wildman–Crippen LogP) is 3.06. The van der Waals surface area contributed by atoms with Crippen molar-refractivity contribution in [2.45, 2.75) is 75.4 Å². The van der Waals surface area contributed by atoms with Crippen LogP contribution in [0.3, 0.4) is 0 Å². The van der Waals surface area contributed by atoms with Gasteiger partial charge in [-0.15, -0.1) is 0 Å². The van der Waals surface area contributed by atoms with Gasteiger partial charge >= 0.3 is 5.97 Å². The molecule has 0 unspecified atom stereocenters. The quantitative estimate of drug-likeness (QED) is 0.718. The first-order chi connectivity index (χ1) is 14.3. The van der Waals surface area contributed by atoms with Crippen LogP contribution in [-0.2, 0) is 9.53 Å². The van der Waals surface area contributed by atoms with Crippen LogP contribution in [0.2, 0.25) is 0 Å². The second-order valence-corrected chi connectivity index (χ2v) is 8.22. The number of amides is 1. The van der Waals surface area contributed by atoms with E-state index in [1.807, 2.05) is 0 Å². The molecular weight excluding hydrogens is 396 g/mol. The van der Waals surface area contributed by atoms with Crippen LogP contribution < -0.4 is 11.1 Å². The standard InChI is InChI=1S/C20H25F2N5O3/c21-20(22)9-7-19(8-10-20,18(23)29)30-17(28)14-12-24-27-11-6-15(26-16(14)27)25-13-4-2-1-3-5-13/h6,11-13H,1-5,7-10H2,(H2,23,29)(H,25,26). The highest BCUT2D eigenvalue weighted by molar-refractivity contribution is 5.98. The molecule has 2 aromatic heterocycles. The number of hydrogen-bond acceptors (Lipinski definition) is 6.